The molecule has 3 aromatic carbocycles. The molecule has 0 aliphatic carbocycles. The maximum Gasteiger partial charge on any atom is 0.0992 e. The van der Waals surface area contributed by atoms with Crippen molar-refractivity contribution in [1.82, 2.24) is 4.90 Å². The second-order valence-corrected chi connectivity index (χ2v) is 7.36. The summed E-state index contributed by atoms with van der Waals surface area (Å²) in [6.07, 6.45) is 2.22. The number of piperidine rings is 1. The molecule has 3 heteroatoms. The number of anilines is 2. The first-order valence-corrected chi connectivity index (χ1v) is 9.94. The first-order chi connectivity index (χ1) is 13.8. The molecule has 1 saturated heterocycles. The summed E-state index contributed by atoms with van der Waals surface area (Å²) < 4.78 is 0. The van der Waals surface area contributed by atoms with Crippen LogP contribution in [0, 0.1) is 11.3 Å². The third-order valence-electron chi connectivity index (χ3n) is 5.46. The first-order valence-electron chi connectivity index (χ1n) is 9.94. The Morgan fingerprint density at radius 1 is 0.821 bits per heavy atom. The normalized spacial score (nSPS) is 15.1. The Labute approximate surface area is 167 Å². The molecule has 3 nitrogen and oxygen atoms in total. The molecular weight excluding hydrogens is 342 g/mol. The van der Waals surface area contributed by atoms with Crippen molar-refractivity contribution < 1.29 is 0 Å². The molecule has 1 fully saturated rings. The fourth-order valence-corrected chi connectivity index (χ4v) is 4.06. The monoisotopic (exact) mass is 367 g/mol. The summed E-state index contributed by atoms with van der Waals surface area (Å²) in [7, 11) is 0. The average Bonchev–Trinajstić information content (AvgIpc) is 2.77. The van der Waals surface area contributed by atoms with Crippen LogP contribution in [0.4, 0.5) is 11.4 Å². The third-order valence-corrected chi connectivity index (χ3v) is 5.46. The van der Waals surface area contributed by atoms with Crippen LogP contribution in [0.2, 0.25) is 0 Å². The molecule has 1 aliphatic heterocycles. The Hall–Kier alpha value is -3.09. The highest BCUT2D eigenvalue weighted by atomic mass is 15.2. The van der Waals surface area contributed by atoms with Crippen molar-refractivity contribution in [3.63, 3.8) is 0 Å². The molecule has 0 radical (unpaired) electrons. The van der Waals surface area contributed by atoms with Crippen molar-refractivity contribution >= 4 is 11.4 Å². The van der Waals surface area contributed by atoms with Crippen LogP contribution in [0.3, 0.4) is 0 Å². The zero-order chi connectivity index (χ0) is 19.2. The van der Waals surface area contributed by atoms with E-state index < -0.39 is 0 Å². The largest absolute Gasteiger partial charge is 0.338 e. The Morgan fingerprint density at radius 3 is 2.14 bits per heavy atom. The van der Waals surface area contributed by atoms with Crippen molar-refractivity contribution in [3.8, 4) is 6.07 Å². The van der Waals surface area contributed by atoms with Crippen LogP contribution in [0.25, 0.3) is 0 Å². The van der Waals surface area contributed by atoms with Crippen LogP contribution in [-0.4, -0.2) is 24.0 Å². The van der Waals surface area contributed by atoms with Crippen molar-refractivity contribution in [2.75, 3.05) is 18.0 Å². The minimum absolute atomic E-state index is 0.434. The van der Waals surface area contributed by atoms with Crippen molar-refractivity contribution in [3.05, 3.63) is 96.1 Å². The number of hydrogen-bond donors (Lipinski definition) is 0. The van der Waals surface area contributed by atoms with Gasteiger partial charge >= 0.3 is 0 Å². The molecule has 0 bridgehead atoms. The van der Waals surface area contributed by atoms with Gasteiger partial charge in [0.05, 0.1) is 11.6 Å². The second kappa shape index (κ2) is 8.73. The molecule has 0 amide bonds. The Bertz CT molecular complexity index is 923. The lowest BCUT2D eigenvalue weighted by Crippen LogP contribution is -2.42. The van der Waals surface area contributed by atoms with Crippen molar-refractivity contribution in [2.24, 2.45) is 0 Å². The quantitative estimate of drug-likeness (QED) is 0.608. The van der Waals surface area contributed by atoms with Gasteiger partial charge in [0.1, 0.15) is 0 Å². The highest BCUT2D eigenvalue weighted by Gasteiger charge is 2.26. The third kappa shape index (κ3) is 4.24. The Kier molecular flexibility index (Phi) is 5.70. The van der Waals surface area contributed by atoms with Gasteiger partial charge in [-0.25, -0.2) is 0 Å². The van der Waals surface area contributed by atoms with Crippen molar-refractivity contribution in [1.29, 1.82) is 5.26 Å². The Balaban J connectivity index is 1.52. The van der Waals surface area contributed by atoms with Crippen LogP contribution in [0.15, 0.2) is 84.9 Å². The lowest BCUT2D eigenvalue weighted by atomic mass is 10.00. The summed E-state index contributed by atoms with van der Waals surface area (Å²) in [6, 6.07) is 31.9. The molecule has 28 heavy (non-hydrogen) atoms. The van der Waals surface area contributed by atoms with Gasteiger partial charge in [-0.3, -0.25) is 4.90 Å². The molecule has 140 valence electrons. The summed E-state index contributed by atoms with van der Waals surface area (Å²) in [5.41, 5.74) is 4.38. The van der Waals surface area contributed by atoms with Crippen LogP contribution in [-0.2, 0) is 6.54 Å². The van der Waals surface area contributed by atoms with Gasteiger partial charge in [0.25, 0.3) is 0 Å². The number of para-hydroxylation sites is 1. The van der Waals surface area contributed by atoms with E-state index in [0.29, 0.717) is 11.6 Å². The van der Waals surface area contributed by atoms with Gasteiger partial charge in [0.15, 0.2) is 0 Å². The van der Waals surface area contributed by atoms with Crippen LogP contribution >= 0.6 is 0 Å². The van der Waals surface area contributed by atoms with E-state index in [1.165, 1.54) is 11.3 Å². The van der Waals surface area contributed by atoms with E-state index in [-0.39, 0.29) is 0 Å². The molecule has 1 aliphatic rings. The molecule has 0 atom stereocenters. The van der Waals surface area contributed by atoms with Gasteiger partial charge in [0, 0.05) is 37.1 Å². The minimum Gasteiger partial charge on any atom is -0.338 e. The van der Waals surface area contributed by atoms with Crippen LogP contribution in [0.1, 0.15) is 24.0 Å². The van der Waals surface area contributed by atoms with Crippen LogP contribution in [0.5, 0.6) is 0 Å². The SMILES string of the molecule is N#Cc1cccc(N(c2ccccc2)C2CCN(Cc3ccccc3)CC2)c1. The lowest BCUT2D eigenvalue weighted by Gasteiger charge is -2.40. The molecule has 4 rings (SSSR count). The fraction of sp³-hybridized carbons (Fsp3) is 0.240. The molecule has 1 heterocycles. The van der Waals surface area contributed by atoms with Gasteiger partial charge < -0.3 is 4.90 Å². The average molecular weight is 367 g/mol. The number of nitrogens with zero attached hydrogens (tertiary/aromatic N) is 3. The number of rotatable bonds is 5. The molecule has 0 spiro atoms. The smallest absolute Gasteiger partial charge is 0.0992 e. The second-order valence-electron chi connectivity index (χ2n) is 7.36. The summed E-state index contributed by atoms with van der Waals surface area (Å²) in [5.74, 6) is 0. The summed E-state index contributed by atoms with van der Waals surface area (Å²) in [6.45, 7) is 3.19. The maximum atomic E-state index is 9.32. The Morgan fingerprint density at radius 2 is 1.46 bits per heavy atom. The molecule has 0 aromatic heterocycles. The van der Waals surface area contributed by atoms with E-state index in [1.807, 2.05) is 18.2 Å². The zero-order valence-corrected chi connectivity index (χ0v) is 16.0. The fourth-order valence-electron chi connectivity index (χ4n) is 4.06. The highest BCUT2D eigenvalue weighted by molar-refractivity contribution is 5.65. The summed E-state index contributed by atoms with van der Waals surface area (Å²) >= 11 is 0. The topological polar surface area (TPSA) is 30.3 Å². The van der Waals surface area contributed by atoms with Gasteiger partial charge in [-0.15, -0.1) is 0 Å². The lowest BCUT2D eigenvalue weighted by molar-refractivity contribution is 0.205. The molecule has 3 aromatic rings. The van der Waals surface area contributed by atoms with Gasteiger partial charge in [0.2, 0.25) is 0 Å². The highest BCUT2D eigenvalue weighted by Crippen LogP contribution is 2.32. The number of hydrogen-bond acceptors (Lipinski definition) is 3. The van der Waals surface area contributed by atoms with Gasteiger partial charge in [-0.05, 0) is 48.7 Å². The predicted octanol–water partition coefficient (Wildman–Crippen LogP) is 5.36. The predicted molar refractivity (Wildman–Crippen MR) is 114 cm³/mol. The van der Waals surface area contributed by atoms with E-state index in [2.05, 4.69) is 82.6 Å². The van der Waals surface area contributed by atoms with E-state index in [1.54, 1.807) is 0 Å². The molecular formula is C25H25N3. The molecule has 0 N–H and O–H groups in total. The van der Waals surface area contributed by atoms with E-state index >= 15 is 0 Å². The number of benzene rings is 3. The van der Waals surface area contributed by atoms with E-state index in [9.17, 15) is 5.26 Å². The molecule has 0 saturated carbocycles. The summed E-state index contributed by atoms with van der Waals surface area (Å²) in [4.78, 5) is 4.96. The van der Waals surface area contributed by atoms with E-state index in [0.717, 1.165) is 38.2 Å². The van der Waals surface area contributed by atoms with Crippen molar-refractivity contribution in [2.45, 2.75) is 25.4 Å². The zero-order valence-electron chi connectivity index (χ0n) is 16.0. The van der Waals surface area contributed by atoms with Gasteiger partial charge in [-0.2, -0.15) is 5.26 Å². The van der Waals surface area contributed by atoms with Crippen LogP contribution < -0.4 is 4.90 Å². The molecule has 0 unspecified atom stereocenters. The standard InChI is InChI=1S/C25H25N3/c26-19-22-10-7-13-25(18-22)28(23-11-5-2-6-12-23)24-14-16-27(17-15-24)20-21-8-3-1-4-9-21/h1-13,18,24H,14-17,20H2. The van der Waals surface area contributed by atoms with E-state index in [4.69, 9.17) is 0 Å². The first kappa shape index (κ1) is 18.3. The summed E-state index contributed by atoms with van der Waals surface area (Å²) in [5, 5.41) is 9.32. The number of likely N-dealkylation sites (tertiary alicyclic amines) is 1. The maximum absolute atomic E-state index is 9.32. The van der Waals surface area contributed by atoms with Gasteiger partial charge in [-0.1, -0.05) is 54.6 Å². The minimum atomic E-state index is 0.434. The number of nitriles is 1.